The second-order valence-corrected chi connectivity index (χ2v) is 4.40. The van der Waals surface area contributed by atoms with Crippen LogP contribution < -0.4 is 5.73 Å². The van der Waals surface area contributed by atoms with Gasteiger partial charge in [-0.05, 0) is 42.9 Å². The lowest BCUT2D eigenvalue weighted by Crippen LogP contribution is -2.37. The Morgan fingerprint density at radius 2 is 1.81 bits per heavy atom. The molecule has 1 saturated carbocycles. The van der Waals surface area contributed by atoms with E-state index in [1.54, 1.807) is 0 Å². The number of nitrogens with two attached hydrogens (primary N) is 1. The van der Waals surface area contributed by atoms with Crippen LogP contribution in [0.1, 0.15) is 31.2 Å². The largest absolute Gasteiger partial charge is 0.330 e. The van der Waals surface area contributed by atoms with E-state index >= 15 is 0 Å². The van der Waals surface area contributed by atoms with Crippen molar-refractivity contribution < 1.29 is 13.2 Å². The van der Waals surface area contributed by atoms with Crippen molar-refractivity contribution in [3.05, 3.63) is 35.1 Å². The van der Waals surface area contributed by atoms with Crippen LogP contribution >= 0.6 is 0 Å². The Balaban J connectivity index is 2.43. The highest BCUT2D eigenvalue weighted by molar-refractivity contribution is 5.31. The third kappa shape index (κ3) is 1.61. The molecule has 0 heterocycles. The van der Waals surface area contributed by atoms with Gasteiger partial charge in [0.05, 0.1) is 0 Å². The monoisotopic (exact) mass is 229 g/mol. The minimum atomic E-state index is -1.37. The molecule has 0 atom stereocenters. The van der Waals surface area contributed by atoms with Gasteiger partial charge in [-0.25, -0.2) is 13.2 Å². The third-order valence-electron chi connectivity index (χ3n) is 3.54. The topological polar surface area (TPSA) is 26.0 Å². The first-order valence-electron chi connectivity index (χ1n) is 5.45. The summed E-state index contributed by atoms with van der Waals surface area (Å²) in [5, 5.41) is 0. The summed E-state index contributed by atoms with van der Waals surface area (Å²) in [4.78, 5) is 0. The molecule has 1 aromatic carbocycles. The van der Waals surface area contributed by atoms with Crippen LogP contribution in [0, 0.1) is 17.5 Å². The van der Waals surface area contributed by atoms with Crippen LogP contribution in [0.2, 0.25) is 0 Å². The second-order valence-electron chi connectivity index (χ2n) is 4.40. The Morgan fingerprint density at radius 1 is 1.12 bits per heavy atom. The predicted octanol–water partition coefficient (Wildman–Crippen LogP) is 2.87. The first kappa shape index (κ1) is 11.5. The standard InChI is InChI=1S/C12H14F3N/c13-9-3-2-8(10(14)11(9)15)12(6-7-16)4-1-5-12/h2-3H,1,4-7,16H2. The van der Waals surface area contributed by atoms with Crippen LogP contribution in [0.25, 0.3) is 0 Å². The van der Waals surface area contributed by atoms with Gasteiger partial charge in [-0.15, -0.1) is 0 Å². The predicted molar refractivity (Wildman–Crippen MR) is 55.5 cm³/mol. The number of halogens is 3. The van der Waals surface area contributed by atoms with Gasteiger partial charge >= 0.3 is 0 Å². The Bertz CT molecular complexity index is 399. The molecule has 16 heavy (non-hydrogen) atoms. The zero-order valence-electron chi connectivity index (χ0n) is 8.90. The first-order chi connectivity index (χ1) is 7.60. The van der Waals surface area contributed by atoms with Gasteiger partial charge in [0, 0.05) is 0 Å². The number of hydrogen-bond acceptors (Lipinski definition) is 1. The van der Waals surface area contributed by atoms with Gasteiger partial charge < -0.3 is 5.73 Å². The van der Waals surface area contributed by atoms with Crippen LogP contribution in [-0.4, -0.2) is 6.54 Å². The van der Waals surface area contributed by atoms with Crippen molar-refractivity contribution in [3.63, 3.8) is 0 Å². The molecule has 0 unspecified atom stereocenters. The summed E-state index contributed by atoms with van der Waals surface area (Å²) in [7, 11) is 0. The fraction of sp³-hybridized carbons (Fsp3) is 0.500. The van der Waals surface area contributed by atoms with Crippen molar-refractivity contribution in [1.82, 2.24) is 0 Å². The zero-order valence-corrected chi connectivity index (χ0v) is 8.90. The van der Waals surface area contributed by atoms with Gasteiger partial charge in [-0.3, -0.25) is 0 Å². The molecule has 1 nitrogen and oxygen atoms in total. The van der Waals surface area contributed by atoms with Crippen molar-refractivity contribution in [2.45, 2.75) is 31.1 Å². The van der Waals surface area contributed by atoms with E-state index in [0.717, 1.165) is 25.3 Å². The highest BCUT2D eigenvalue weighted by Crippen LogP contribution is 2.47. The summed E-state index contributed by atoms with van der Waals surface area (Å²) in [6.07, 6.45) is 3.20. The fourth-order valence-corrected chi connectivity index (χ4v) is 2.47. The smallest absolute Gasteiger partial charge is 0.194 e. The Morgan fingerprint density at radius 3 is 2.31 bits per heavy atom. The SMILES string of the molecule is NCCC1(c2ccc(F)c(F)c2F)CCC1. The molecule has 1 aliphatic rings. The lowest BCUT2D eigenvalue weighted by atomic mass is 9.62. The molecule has 2 N–H and O–H groups in total. The first-order valence-corrected chi connectivity index (χ1v) is 5.45. The van der Waals surface area contributed by atoms with E-state index in [1.807, 2.05) is 0 Å². The van der Waals surface area contributed by atoms with Crippen LogP contribution in [0.4, 0.5) is 13.2 Å². The summed E-state index contributed by atoms with van der Waals surface area (Å²) in [5.74, 6) is -3.56. The molecule has 4 heteroatoms. The molecule has 88 valence electrons. The molecule has 0 saturated heterocycles. The van der Waals surface area contributed by atoms with Crippen LogP contribution in [-0.2, 0) is 5.41 Å². The maximum absolute atomic E-state index is 13.6. The summed E-state index contributed by atoms with van der Waals surface area (Å²) in [6, 6.07) is 2.34. The van der Waals surface area contributed by atoms with Crippen molar-refractivity contribution in [1.29, 1.82) is 0 Å². The van der Waals surface area contributed by atoms with Crippen LogP contribution in [0.3, 0.4) is 0 Å². The molecule has 0 bridgehead atoms. The maximum atomic E-state index is 13.6. The van der Waals surface area contributed by atoms with Gasteiger partial charge in [0.25, 0.3) is 0 Å². The average molecular weight is 229 g/mol. The van der Waals surface area contributed by atoms with Gasteiger partial charge in [-0.2, -0.15) is 0 Å². The molecule has 1 aromatic rings. The van der Waals surface area contributed by atoms with Gasteiger partial charge in [0.2, 0.25) is 0 Å². The summed E-state index contributed by atoms with van der Waals surface area (Å²) < 4.78 is 39.6. The lowest BCUT2D eigenvalue weighted by Gasteiger charge is -2.42. The number of rotatable bonds is 3. The van der Waals surface area contributed by atoms with Gasteiger partial charge in [0.1, 0.15) is 0 Å². The highest BCUT2D eigenvalue weighted by Gasteiger charge is 2.40. The van der Waals surface area contributed by atoms with E-state index in [0.29, 0.717) is 13.0 Å². The highest BCUT2D eigenvalue weighted by atomic mass is 19.2. The average Bonchev–Trinajstić information content (AvgIpc) is 2.21. The Hall–Kier alpha value is -1.03. The normalized spacial score (nSPS) is 18.2. The van der Waals surface area contributed by atoms with Crippen molar-refractivity contribution in [3.8, 4) is 0 Å². The van der Waals surface area contributed by atoms with Gasteiger partial charge in [0.15, 0.2) is 17.5 Å². The molecule has 1 fully saturated rings. The van der Waals surface area contributed by atoms with Crippen molar-refractivity contribution in [2.24, 2.45) is 5.73 Å². The molecular weight excluding hydrogens is 215 g/mol. The fourth-order valence-electron chi connectivity index (χ4n) is 2.47. The molecule has 2 rings (SSSR count). The molecule has 0 radical (unpaired) electrons. The molecule has 0 amide bonds. The Labute approximate surface area is 92.5 Å². The van der Waals surface area contributed by atoms with E-state index < -0.39 is 17.5 Å². The van der Waals surface area contributed by atoms with Gasteiger partial charge in [-0.1, -0.05) is 12.5 Å². The molecule has 0 spiro atoms. The van der Waals surface area contributed by atoms with Crippen LogP contribution in [0.5, 0.6) is 0 Å². The van der Waals surface area contributed by atoms with E-state index in [9.17, 15) is 13.2 Å². The minimum absolute atomic E-state index is 0.281. The summed E-state index contributed by atoms with van der Waals surface area (Å²) >= 11 is 0. The van der Waals surface area contributed by atoms with E-state index in [4.69, 9.17) is 5.73 Å². The molecular formula is C12H14F3N. The van der Waals surface area contributed by atoms with E-state index in [-0.39, 0.29) is 11.0 Å². The quantitative estimate of drug-likeness (QED) is 0.792. The van der Waals surface area contributed by atoms with Crippen LogP contribution in [0.15, 0.2) is 12.1 Å². The maximum Gasteiger partial charge on any atom is 0.194 e. The van der Waals surface area contributed by atoms with Crippen molar-refractivity contribution >= 4 is 0 Å². The lowest BCUT2D eigenvalue weighted by molar-refractivity contribution is 0.218. The summed E-state index contributed by atoms with van der Waals surface area (Å²) in [5.41, 5.74) is 5.40. The molecule has 0 aliphatic heterocycles. The number of hydrogen-bond donors (Lipinski definition) is 1. The number of benzene rings is 1. The zero-order chi connectivity index (χ0) is 11.8. The molecule has 0 aromatic heterocycles. The minimum Gasteiger partial charge on any atom is -0.330 e. The van der Waals surface area contributed by atoms with E-state index in [1.165, 1.54) is 6.07 Å². The van der Waals surface area contributed by atoms with E-state index in [2.05, 4.69) is 0 Å². The second kappa shape index (κ2) is 4.09. The van der Waals surface area contributed by atoms with Crippen molar-refractivity contribution in [2.75, 3.05) is 6.54 Å². The third-order valence-corrected chi connectivity index (χ3v) is 3.54. The Kier molecular flexibility index (Phi) is 2.93. The molecule has 1 aliphatic carbocycles. The summed E-state index contributed by atoms with van der Waals surface area (Å²) in [6.45, 7) is 0.429.